The molecule has 0 saturated carbocycles. The molecule has 1 aromatic carbocycles. The minimum absolute atomic E-state index is 0.0267. The average molecular weight is 273 g/mol. The van der Waals surface area contributed by atoms with E-state index in [1.54, 1.807) is 20.8 Å². The Morgan fingerprint density at radius 3 is 2.17 bits per heavy atom. The fourth-order valence-corrected chi connectivity index (χ4v) is 3.02. The maximum Gasteiger partial charge on any atom is 0.241 e. The number of rotatable bonds is 3. The Bertz CT molecular complexity index is 530. The number of nitrogens with one attached hydrogen (secondary N) is 1. The van der Waals surface area contributed by atoms with E-state index >= 15 is 0 Å². The molecule has 18 heavy (non-hydrogen) atoms. The lowest BCUT2D eigenvalue weighted by Crippen LogP contribution is -2.40. The molecular formula is C13H20FNO2S. The van der Waals surface area contributed by atoms with Crippen LogP contribution in [-0.2, 0) is 10.0 Å². The Balaban J connectivity index is 3.25. The van der Waals surface area contributed by atoms with Crippen molar-refractivity contribution in [1.29, 1.82) is 0 Å². The lowest BCUT2D eigenvalue weighted by Gasteiger charge is -2.21. The first-order chi connectivity index (χ1) is 8.01. The molecular weight excluding hydrogens is 253 g/mol. The number of hydrogen-bond donors (Lipinski definition) is 1. The molecule has 0 spiro atoms. The molecule has 0 unspecified atom stereocenters. The van der Waals surface area contributed by atoms with Gasteiger partial charge in [-0.15, -0.1) is 0 Å². The molecule has 0 aliphatic carbocycles. The number of benzene rings is 1. The van der Waals surface area contributed by atoms with Crippen LogP contribution in [0, 0.1) is 5.82 Å². The van der Waals surface area contributed by atoms with Gasteiger partial charge in [0.15, 0.2) is 0 Å². The Morgan fingerprint density at radius 2 is 1.72 bits per heavy atom. The zero-order valence-electron chi connectivity index (χ0n) is 11.4. The topological polar surface area (TPSA) is 46.2 Å². The van der Waals surface area contributed by atoms with Crippen LogP contribution in [0.1, 0.15) is 46.1 Å². The van der Waals surface area contributed by atoms with Crippen LogP contribution >= 0.6 is 0 Å². The minimum atomic E-state index is -3.69. The summed E-state index contributed by atoms with van der Waals surface area (Å²) in [6.45, 7) is 9.01. The van der Waals surface area contributed by atoms with Crippen molar-refractivity contribution in [2.75, 3.05) is 0 Å². The minimum Gasteiger partial charge on any atom is -0.207 e. The molecule has 0 aliphatic heterocycles. The van der Waals surface area contributed by atoms with Crippen molar-refractivity contribution in [1.82, 2.24) is 4.72 Å². The highest BCUT2D eigenvalue weighted by molar-refractivity contribution is 7.89. The van der Waals surface area contributed by atoms with Crippen LogP contribution < -0.4 is 4.72 Å². The van der Waals surface area contributed by atoms with Gasteiger partial charge in [-0.3, -0.25) is 0 Å². The summed E-state index contributed by atoms with van der Waals surface area (Å²) in [6, 6.07) is 3.92. The Kier molecular flexibility index (Phi) is 4.18. The molecule has 0 heterocycles. The van der Waals surface area contributed by atoms with Gasteiger partial charge in [-0.25, -0.2) is 17.5 Å². The first-order valence-electron chi connectivity index (χ1n) is 5.86. The van der Waals surface area contributed by atoms with Gasteiger partial charge in [0.05, 0.1) is 4.90 Å². The monoisotopic (exact) mass is 273 g/mol. The molecule has 0 amide bonds. The van der Waals surface area contributed by atoms with Crippen molar-refractivity contribution in [3.05, 3.63) is 29.6 Å². The first-order valence-corrected chi connectivity index (χ1v) is 7.34. The number of halogens is 1. The van der Waals surface area contributed by atoms with E-state index in [1.165, 1.54) is 12.1 Å². The largest absolute Gasteiger partial charge is 0.241 e. The predicted molar refractivity (Wildman–Crippen MR) is 70.6 cm³/mol. The fourth-order valence-electron chi connectivity index (χ4n) is 1.53. The van der Waals surface area contributed by atoms with Crippen LogP contribution in [0.15, 0.2) is 23.1 Å². The summed E-state index contributed by atoms with van der Waals surface area (Å²) in [5, 5.41) is 0. The average Bonchev–Trinajstić information content (AvgIpc) is 2.12. The lowest BCUT2D eigenvalue weighted by molar-refractivity contribution is 0.490. The molecule has 0 atom stereocenters. The summed E-state index contributed by atoms with van der Waals surface area (Å²) in [7, 11) is -3.69. The van der Waals surface area contributed by atoms with Gasteiger partial charge < -0.3 is 0 Å². The van der Waals surface area contributed by atoms with E-state index in [0.717, 1.165) is 6.07 Å². The first kappa shape index (κ1) is 15.1. The highest BCUT2D eigenvalue weighted by atomic mass is 32.2. The van der Waals surface area contributed by atoms with Crippen LogP contribution in [0.5, 0.6) is 0 Å². The maximum atomic E-state index is 13.5. The van der Waals surface area contributed by atoms with Crippen molar-refractivity contribution in [2.45, 2.75) is 51.0 Å². The van der Waals surface area contributed by atoms with Gasteiger partial charge in [-0.1, -0.05) is 13.8 Å². The molecule has 3 nitrogen and oxygen atoms in total. The van der Waals surface area contributed by atoms with Gasteiger partial charge in [-0.2, -0.15) is 0 Å². The Labute approximate surface area is 108 Å². The molecule has 0 bridgehead atoms. The van der Waals surface area contributed by atoms with E-state index in [4.69, 9.17) is 0 Å². The van der Waals surface area contributed by atoms with Crippen molar-refractivity contribution < 1.29 is 12.8 Å². The van der Waals surface area contributed by atoms with Gasteiger partial charge in [0.2, 0.25) is 10.0 Å². The fraction of sp³-hybridized carbons (Fsp3) is 0.538. The SMILES string of the molecule is CC(C)c1cc(F)cc(S(=O)(=O)NC(C)(C)C)c1. The van der Waals surface area contributed by atoms with E-state index in [0.29, 0.717) is 5.56 Å². The molecule has 0 aliphatic rings. The molecule has 1 N–H and O–H groups in total. The highest BCUT2D eigenvalue weighted by Crippen LogP contribution is 2.21. The van der Waals surface area contributed by atoms with Gasteiger partial charge in [0.1, 0.15) is 5.82 Å². The maximum absolute atomic E-state index is 13.5. The Hall–Kier alpha value is -0.940. The normalized spacial score (nSPS) is 13.1. The third-order valence-electron chi connectivity index (χ3n) is 2.31. The second kappa shape index (κ2) is 4.97. The van der Waals surface area contributed by atoms with Gasteiger partial charge >= 0.3 is 0 Å². The van der Waals surface area contributed by atoms with Gasteiger partial charge in [0, 0.05) is 5.54 Å². The second-order valence-corrected chi connectivity index (χ2v) is 7.41. The van der Waals surface area contributed by atoms with E-state index in [2.05, 4.69) is 4.72 Å². The summed E-state index contributed by atoms with van der Waals surface area (Å²) in [6.07, 6.45) is 0. The van der Waals surface area contributed by atoms with Crippen molar-refractivity contribution in [2.24, 2.45) is 0 Å². The lowest BCUT2D eigenvalue weighted by atomic mass is 10.0. The molecule has 1 aromatic rings. The third kappa shape index (κ3) is 4.07. The summed E-state index contributed by atoms with van der Waals surface area (Å²) >= 11 is 0. The van der Waals surface area contributed by atoms with E-state index < -0.39 is 21.4 Å². The molecule has 102 valence electrons. The zero-order valence-corrected chi connectivity index (χ0v) is 12.2. The van der Waals surface area contributed by atoms with Crippen LogP contribution in [0.25, 0.3) is 0 Å². The van der Waals surface area contributed by atoms with Crippen LogP contribution in [0.4, 0.5) is 4.39 Å². The highest BCUT2D eigenvalue weighted by Gasteiger charge is 2.23. The number of sulfonamides is 1. The summed E-state index contributed by atoms with van der Waals surface area (Å²) in [5.74, 6) is -0.459. The molecule has 0 fully saturated rings. The van der Waals surface area contributed by atoms with Crippen LogP contribution in [-0.4, -0.2) is 14.0 Å². The van der Waals surface area contributed by atoms with Crippen molar-refractivity contribution in [3.63, 3.8) is 0 Å². The summed E-state index contributed by atoms with van der Waals surface area (Å²) < 4.78 is 40.2. The Morgan fingerprint density at radius 1 is 1.17 bits per heavy atom. The summed E-state index contributed by atoms with van der Waals surface area (Å²) in [5.41, 5.74) is 0.0765. The van der Waals surface area contributed by atoms with Crippen molar-refractivity contribution in [3.8, 4) is 0 Å². The van der Waals surface area contributed by atoms with Crippen LogP contribution in [0.2, 0.25) is 0 Å². The predicted octanol–water partition coefficient (Wildman–Crippen LogP) is 3.03. The smallest absolute Gasteiger partial charge is 0.207 e. The van der Waals surface area contributed by atoms with Gasteiger partial charge in [0.25, 0.3) is 0 Å². The third-order valence-corrected chi connectivity index (χ3v) is 4.05. The van der Waals surface area contributed by atoms with Crippen molar-refractivity contribution >= 4 is 10.0 Å². The molecule has 1 rings (SSSR count). The molecule has 5 heteroatoms. The van der Waals surface area contributed by atoms with Crippen LogP contribution in [0.3, 0.4) is 0 Å². The summed E-state index contributed by atoms with van der Waals surface area (Å²) in [4.78, 5) is -0.0267. The second-order valence-electron chi connectivity index (χ2n) is 5.73. The standard InChI is InChI=1S/C13H20FNO2S/c1-9(2)10-6-11(14)8-12(7-10)18(16,17)15-13(3,4)5/h6-9,15H,1-5H3. The quantitative estimate of drug-likeness (QED) is 0.920. The number of hydrogen-bond acceptors (Lipinski definition) is 2. The van der Waals surface area contributed by atoms with E-state index in [-0.39, 0.29) is 10.8 Å². The molecule has 0 aromatic heterocycles. The van der Waals surface area contributed by atoms with E-state index in [9.17, 15) is 12.8 Å². The van der Waals surface area contributed by atoms with E-state index in [1.807, 2.05) is 13.8 Å². The zero-order chi connectivity index (χ0) is 14.1. The molecule has 0 radical (unpaired) electrons. The van der Waals surface area contributed by atoms with Gasteiger partial charge in [-0.05, 0) is 50.5 Å². The molecule has 0 saturated heterocycles.